The molecule has 92 valence electrons. The molecule has 0 saturated heterocycles. The maximum absolute atomic E-state index is 4.50. The first-order valence-corrected chi connectivity index (χ1v) is 6.27. The van der Waals surface area contributed by atoms with Gasteiger partial charge in [0, 0.05) is 25.4 Å². The van der Waals surface area contributed by atoms with Gasteiger partial charge in [-0.2, -0.15) is 5.10 Å². The molecule has 3 heteroatoms. The molecular weight excluding hydrogens is 198 g/mol. The van der Waals surface area contributed by atoms with Crippen molar-refractivity contribution in [2.75, 3.05) is 6.54 Å². The van der Waals surface area contributed by atoms with E-state index in [0.29, 0.717) is 5.92 Å². The van der Waals surface area contributed by atoms with Crippen molar-refractivity contribution in [3.63, 3.8) is 0 Å². The molecule has 1 aromatic heterocycles. The number of rotatable bonds is 6. The molecule has 0 spiro atoms. The van der Waals surface area contributed by atoms with E-state index < -0.39 is 0 Å². The Hall–Kier alpha value is -0.830. The van der Waals surface area contributed by atoms with E-state index in [1.54, 1.807) is 0 Å². The summed E-state index contributed by atoms with van der Waals surface area (Å²) >= 11 is 0. The summed E-state index contributed by atoms with van der Waals surface area (Å²) in [6.07, 6.45) is 3.36. The second-order valence-electron chi connectivity index (χ2n) is 5.01. The largest absolute Gasteiger partial charge is 0.312 e. The predicted octanol–water partition coefficient (Wildman–Crippen LogP) is 2.68. The lowest BCUT2D eigenvalue weighted by molar-refractivity contribution is 0.498. The Kier molecular flexibility index (Phi) is 5.00. The Morgan fingerprint density at radius 1 is 1.38 bits per heavy atom. The third-order valence-electron chi connectivity index (χ3n) is 2.99. The summed E-state index contributed by atoms with van der Waals surface area (Å²) in [5.74, 6) is 1.25. The van der Waals surface area contributed by atoms with Gasteiger partial charge in [0.05, 0.1) is 5.69 Å². The van der Waals surface area contributed by atoms with Gasteiger partial charge in [-0.3, -0.25) is 4.68 Å². The molecular formula is C13H25N3. The van der Waals surface area contributed by atoms with E-state index >= 15 is 0 Å². The zero-order valence-corrected chi connectivity index (χ0v) is 11.2. The van der Waals surface area contributed by atoms with Crippen LogP contribution in [0.4, 0.5) is 0 Å². The first kappa shape index (κ1) is 13.2. The molecule has 16 heavy (non-hydrogen) atoms. The quantitative estimate of drug-likeness (QED) is 0.803. The first-order chi connectivity index (χ1) is 7.54. The van der Waals surface area contributed by atoms with Crippen molar-refractivity contribution in [1.29, 1.82) is 0 Å². The van der Waals surface area contributed by atoms with Gasteiger partial charge in [0.25, 0.3) is 0 Å². The van der Waals surface area contributed by atoms with Crippen LogP contribution in [0.5, 0.6) is 0 Å². The van der Waals surface area contributed by atoms with Gasteiger partial charge >= 0.3 is 0 Å². The lowest BCUT2D eigenvalue weighted by Crippen LogP contribution is -2.20. The van der Waals surface area contributed by atoms with Crippen molar-refractivity contribution >= 4 is 0 Å². The van der Waals surface area contributed by atoms with Gasteiger partial charge in [-0.05, 0) is 18.4 Å². The van der Waals surface area contributed by atoms with Crippen LogP contribution in [0.15, 0.2) is 6.20 Å². The molecule has 0 bridgehead atoms. The fourth-order valence-corrected chi connectivity index (χ4v) is 1.77. The van der Waals surface area contributed by atoms with Gasteiger partial charge in [0.2, 0.25) is 0 Å². The van der Waals surface area contributed by atoms with Crippen molar-refractivity contribution in [3.05, 3.63) is 17.5 Å². The van der Waals surface area contributed by atoms with Crippen molar-refractivity contribution in [2.45, 2.75) is 46.6 Å². The molecule has 0 aliphatic carbocycles. The highest BCUT2D eigenvalue weighted by atomic mass is 15.3. The van der Waals surface area contributed by atoms with Crippen LogP contribution in [0, 0.1) is 5.92 Å². The van der Waals surface area contributed by atoms with Gasteiger partial charge < -0.3 is 5.32 Å². The van der Waals surface area contributed by atoms with Crippen LogP contribution >= 0.6 is 0 Å². The molecule has 0 radical (unpaired) electrons. The van der Waals surface area contributed by atoms with Gasteiger partial charge in [-0.1, -0.05) is 34.1 Å². The van der Waals surface area contributed by atoms with Crippen molar-refractivity contribution in [2.24, 2.45) is 13.0 Å². The van der Waals surface area contributed by atoms with Crippen LogP contribution in [-0.4, -0.2) is 16.3 Å². The number of nitrogens with one attached hydrogen (secondary N) is 1. The lowest BCUT2D eigenvalue weighted by atomic mass is 10.1. The summed E-state index contributed by atoms with van der Waals surface area (Å²) in [6.45, 7) is 10.9. The van der Waals surface area contributed by atoms with E-state index in [1.165, 1.54) is 17.7 Å². The van der Waals surface area contributed by atoms with E-state index in [9.17, 15) is 0 Å². The summed E-state index contributed by atoms with van der Waals surface area (Å²) in [7, 11) is 1.99. The molecule has 1 aromatic rings. The maximum Gasteiger partial charge on any atom is 0.0694 e. The second kappa shape index (κ2) is 6.04. The Morgan fingerprint density at radius 3 is 2.62 bits per heavy atom. The number of nitrogens with zero attached hydrogens (tertiary/aromatic N) is 2. The fraction of sp³-hybridized carbons (Fsp3) is 0.769. The Labute approximate surface area is 99.2 Å². The van der Waals surface area contributed by atoms with E-state index in [2.05, 4.69) is 44.3 Å². The summed E-state index contributed by atoms with van der Waals surface area (Å²) < 4.78 is 1.91. The molecule has 0 fully saturated rings. The summed E-state index contributed by atoms with van der Waals surface area (Å²) in [4.78, 5) is 0. The molecule has 1 rings (SSSR count). The average Bonchev–Trinajstić information content (AvgIpc) is 2.59. The van der Waals surface area contributed by atoms with Crippen molar-refractivity contribution in [1.82, 2.24) is 15.1 Å². The lowest BCUT2D eigenvalue weighted by Gasteiger charge is -2.10. The van der Waals surface area contributed by atoms with Crippen molar-refractivity contribution in [3.8, 4) is 0 Å². The maximum atomic E-state index is 4.50. The minimum atomic E-state index is 0.501. The normalized spacial score (nSPS) is 13.4. The van der Waals surface area contributed by atoms with E-state index in [4.69, 9.17) is 0 Å². The minimum absolute atomic E-state index is 0.501. The SMILES string of the molecule is CCC(C)CNCc1cn(C)nc1C(C)C. The van der Waals surface area contributed by atoms with Gasteiger partial charge in [0.15, 0.2) is 0 Å². The Bertz CT molecular complexity index is 315. The molecule has 0 aromatic carbocycles. The summed E-state index contributed by atoms with van der Waals surface area (Å²) in [5, 5.41) is 8.01. The van der Waals surface area contributed by atoms with Crippen LogP contribution in [0.2, 0.25) is 0 Å². The summed E-state index contributed by atoms with van der Waals surface area (Å²) in [5.41, 5.74) is 2.56. The Balaban J connectivity index is 2.53. The predicted molar refractivity (Wildman–Crippen MR) is 68.5 cm³/mol. The Morgan fingerprint density at radius 2 is 2.06 bits per heavy atom. The molecule has 1 atom stereocenters. The highest BCUT2D eigenvalue weighted by molar-refractivity contribution is 5.19. The molecule has 3 nitrogen and oxygen atoms in total. The fourth-order valence-electron chi connectivity index (χ4n) is 1.77. The molecule has 0 aliphatic heterocycles. The molecule has 0 amide bonds. The van der Waals surface area contributed by atoms with Gasteiger partial charge in [0.1, 0.15) is 0 Å². The first-order valence-electron chi connectivity index (χ1n) is 6.27. The number of aryl methyl sites for hydroxylation is 1. The topological polar surface area (TPSA) is 29.9 Å². The highest BCUT2D eigenvalue weighted by Gasteiger charge is 2.10. The van der Waals surface area contributed by atoms with Crippen LogP contribution in [-0.2, 0) is 13.6 Å². The van der Waals surface area contributed by atoms with E-state index in [-0.39, 0.29) is 0 Å². The monoisotopic (exact) mass is 223 g/mol. The zero-order chi connectivity index (χ0) is 12.1. The highest BCUT2D eigenvalue weighted by Crippen LogP contribution is 2.16. The standard InChI is InChI=1S/C13H25N3/c1-6-11(4)7-14-8-12-9-16(5)15-13(12)10(2)3/h9-11,14H,6-8H2,1-5H3. The number of hydrogen-bond acceptors (Lipinski definition) is 2. The molecule has 1 heterocycles. The molecule has 1 N–H and O–H groups in total. The number of hydrogen-bond donors (Lipinski definition) is 1. The van der Waals surface area contributed by atoms with Crippen LogP contribution in [0.1, 0.15) is 51.3 Å². The molecule has 0 saturated carbocycles. The zero-order valence-electron chi connectivity index (χ0n) is 11.2. The average molecular weight is 223 g/mol. The third kappa shape index (κ3) is 3.63. The van der Waals surface area contributed by atoms with Crippen LogP contribution in [0.3, 0.4) is 0 Å². The van der Waals surface area contributed by atoms with Crippen LogP contribution < -0.4 is 5.32 Å². The molecule has 1 unspecified atom stereocenters. The second-order valence-corrected chi connectivity index (χ2v) is 5.01. The molecule has 0 aliphatic rings. The third-order valence-corrected chi connectivity index (χ3v) is 2.99. The summed E-state index contributed by atoms with van der Waals surface area (Å²) in [6, 6.07) is 0. The number of aromatic nitrogens is 2. The van der Waals surface area contributed by atoms with Gasteiger partial charge in [-0.15, -0.1) is 0 Å². The van der Waals surface area contributed by atoms with Crippen LogP contribution in [0.25, 0.3) is 0 Å². The van der Waals surface area contributed by atoms with Gasteiger partial charge in [-0.25, -0.2) is 0 Å². The van der Waals surface area contributed by atoms with Crippen molar-refractivity contribution < 1.29 is 0 Å². The minimum Gasteiger partial charge on any atom is -0.312 e. The smallest absolute Gasteiger partial charge is 0.0694 e. The van der Waals surface area contributed by atoms with E-state index in [1.807, 2.05) is 11.7 Å². The van der Waals surface area contributed by atoms with E-state index in [0.717, 1.165) is 19.0 Å².